The van der Waals surface area contributed by atoms with Gasteiger partial charge >= 0.3 is 0 Å². The predicted octanol–water partition coefficient (Wildman–Crippen LogP) is 21.9. The standard InChI is InChI=1S/C29H40N4O3.C28H31N3O3.C27H36N4O3.C25H31N3O3/c1-21-7-8-27(36-21)26-18-24(30-20-22-9-14-32(2)15-10-22)23-17-28(34-3)29(19-25(23)31-26)35-16-6-13-33-11-4-5-12-33;1-20-11-12-26(34-20)25-18-23(29-21-9-4-3-5-10-21)22-17-27(32-2)28(19-24(22)30-25)33-16-8-15-31-13-6-7-14-31;1-19-6-7-25(34-19)24-17-22(29-20-8-10-28-11-9-20)21-16-26(32-2)27(18-23(21)30-24)33-15-5-14-31-12-3-4-13-31;1-17-6-9-23(31-17)22-15-20(26-18-7-8-18)19-14-24(29-2)25(16-21(19)27-22)30-13-5-12-28-10-3-4-11-28/h7-8,17-19,22H,4-6,9-16,20H2,1-3H3,(H,30,31);3-5,9-12,17-19H,6-8,13-16H2,1-2H3,(H,29,30);6-7,16-18,20,28H,3-5,8-15H2,1-2H3,(H,29,30);6,9,14-16,18H,3-5,7-8,10-13H2,1-2H3,(H,26,27). The quantitative estimate of drug-likeness (QED) is 0.0227. The third kappa shape index (κ3) is 25.7. The monoisotopic (exact) mass is 1840 g/mol. The molecule has 1 aliphatic carbocycles. The van der Waals surface area contributed by atoms with Gasteiger partial charge in [0.2, 0.25) is 0 Å². The van der Waals surface area contributed by atoms with Gasteiger partial charge in [-0.2, -0.15) is 0 Å². The summed E-state index contributed by atoms with van der Waals surface area (Å²) in [4.78, 5) is 32.2. The summed E-state index contributed by atoms with van der Waals surface area (Å²) in [5.74, 6) is 13.1. The molecule has 0 spiro atoms. The maximum Gasteiger partial charge on any atom is 0.163 e. The maximum atomic E-state index is 6.21. The number of nitrogens with one attached hydrogen (secondary N) is 5. The van der Waals surface area contributed by atoms with E-state index in [0.29, 0.717) is 55.9 Å². The molecule has 0 radical (unpaired) electrons. The van der Waals surface area contributed by atoms with Crippen LogP contribution < -0.4 is 64.5 Å². The Balaban J connectivity index is 0.000000125. The number of anilines is 5. The molecule has 1 saturated carbocycles. The fraction of sp³-hybridized carbons (Fsp3) is 0.468. The minimum atomic E-state index is 0.422. The van der Waals surface area contributed by atoms with E-state index in [2.05, 4.69) is 88.5 Å². The van der Waals surface area contributed by atoms with Crippen molar-refractivity contribution in [2.45, 2.75) is 155 Å². The van der Waals surface area contributed by atoms with Crippen LogP contribution in [0.15, 0.2) is 169 Å². The number of hydrogen-bond acceptors (Lipinski definition) is 26. The smallest absolute Gasteiger partial charge is 0.163 e. The summed E-state index contributed by atoms with van der Waals surface area (Å²) in [5, 5.41) is 22.2. The molecule has 716 valence electrons. The van der Waals surface area contributed by atoms with Crippen molar-refractivity contribution in [3.63, 3.8) is 0 Å². The number of hydrogen-bond donors (Lipinski definition) is 5. The van der Waals surface area contributed by atoms with E-state index in [1.54, 1.807) is 28.4 Å². The fourth-order valence-electron chi connectivity index (χ4n) is 19.0. The number of benzene rings is 5. The van der Waals surface area contributed by atoms with Crippen LogP contribution in [0.1, 0.15) is 139 Å². The van der Waals surface area contributed by atoms with Crippen LogP contribution in [0, 0.1) is 33.6 Å². The Hall–Kier alpha value is -11.8. The van der Waals surface area contributed by atoms with Gasteiger partial charge in [-0.05, 0) is 344 Å². The van der Waals surface area contributed by atoms with Gasteiger partial charge < -0.3 is 107 Å². The lowest BCUT2D eigenvalue weighted by atomic mass is 9.97. The zero-order chi connectivity index (χ0) is 92.8. The summed E-state index contributed by atoms with van der Waals surface area (Å²) in [6.45, 7) is 29.8. The largest absolute Gasteiger partial charge is 0.493 e. The molecule has 6 aliphatic heterocycles. The topological polar surface area (TPSA) is 254 Å². The lowest BCUT2D eigenvalue weighted by molar-refractivity contribution is 0.226. The first-order valence-electron chi connectivity index (χ1n) is 49.4. The molecule has 13 aromatic rings. The molecule has 6 saturated heterocycles. The van der Waals surface area contributed by atoms with Crippen LogP contribution in [-0.2, 0) is 0 Å². The number of methoxy groups -OCH3 is 4. The van der Waals surface area contributed by atoms with E-state index in [1.165, 1.54) is 129 Å². The summed E-state index contributed by atoms with van der Waals surface area (Å²) in [7, 11) is 8.98. The van der Waals surface area contributed by atoms with Gasteiger partial charge in [-0.15, -0.1) is 0 Å². The van der Waals surface area contributed by atoms with Gasteiger partial charge in [-0.25, -0.2) is 19.9 Å². The molecule has 0 unspecified atom stereocenters. The van der Waals surface area contributed by atoms with E-state index in [1.807, 2.05) is 149 Å². The summed E-state index contributed by atoms with van der Waals surface area (Å²) >= 11 is 0. The van der Waals surface area contributed by atoms with Crippen molar-refractivity contribution in [1.82, 2.24) is 49.8 Å². The van der Waals surface area contributed by atoms with Crippen LogP contribution >= 0.6 is 0 Å². The fourth-order valence-corrected chi connectivity index (χ4v) is 19.0. The molecule has 7 fully saturated rings. The first-order chi connectivity index (χ1) is 66.2. The first-order valence-corrected chi connectivity index (χ1v) is 49.4. The second kappa shape index (κ2) is 46.6. The molecule has 7 aliphatic rings. The highest BCUT2D eigenvalue weighted by atomic mass is 16.5. The van der Waals surface area contributed by atoms with Gasteiger partial charge in [0.15, 0.2) is 69.0 Å². The number of pyridine rings is 4. The summed E-state index contributed by atoms with van der Waals surface area (Å²) in [5.41, 5.74) is 11.8. The van der Waals surface area contributed by atoms with Gasteiger partial charge in [-0.1, -0.05) is 18.2 Å². The maximum absolute atomic E-state index is 6.21. The van der Waals surface area contributed by atoms with E-state index in [0.717, 1.165) is 273 Å². The molecule has 26 heteroatoms. The number of likely N-dealkylation sites (tertiary alicyclic amines) is 5. The SMILES string of the molecule is COc1cc2c(NC3CC3)cc(-c3ccc(C)o3)nc2cc1OCCCN1CCCC1.COc1cc2c(NC3CCNCC3)cc(-c3ccc(C)o3)nc2cc1OCCCN1CCCC1.COc1cc2c(NCC3CCN(C)CC3)cc(-c3ccc(C)o3)nc2cc1OCCCN1CCCC1.COc1cc2c(Nc3ccccc3)cc(-c3ccc(C)o3)nc2cc1OCCCN1CCCC1. The van der Waals surface area contributed by atoms with Crippen LogP contribution in [0.5, 0.6) is 46.0 Å². The summed E-state index contributed by atoms with van der Waals surface area (Å²) in [6.07, 6.45) is 21.5. The van der Waals surface area contributed by atoms with Gasteiger partial charge in [0, 0.05) is 113 Å². The highest BCUT2D eigenvalue weighted by Gasteiger charge is 2.28. The molecular formula is C109H138N14O12. The number of nitrogens with zero attached hydrogens (tertiary/aromatic N) is 9. The van der Waals surface area contributed by atoms with E-state index in [4.69, 9.17) is 75.5 Å². The molecule has 0 amide bonds. The Labute approximate surface area is 795 Å². The highest BCUT2D eigenvalue weighted by molar-refractivity contribution is 6.00. The summed E-state index contributed by atoms with van der Waals surface area (Å²) in [6, 6.07) is 51.3. The predicted molar refractivity (Wildman–Crippen MR) is 541 cm³/mol. The van der Waals surface area contributed by atoms with Crippen molar-refractivity contribution in [1.29, 1.82) is 0 Å². The van der Waals surface area contributed by atoms with Crippen LogP contribution in [0.4, 0.5) is 28.4 Å². The summed E-state index contributed by atoms with van der Waals surface area (Å²) < 4.78 is 71.1. The van der Waals surface area contributed by atoms with Crippen molar-refractivity contribution in [3.8, 4) is 91.8 Å². The molecule has 14 heterocycles. The average molecular weight is 1840 g/mol. The van der Waals surface area contributed by atoms with Gasteiger partial charge in [0.25, 0.3) is 0 Å². The molecule has 20 rings (SSSR count). The molecule has 26 nitrogen and oxygen atoms in total. The Morgan fingerprint density at radius 2 is 0.652 bits per heavy atom. The van der Waals surface area contributed by atoms with Gasteiger partial charge in [-0.3, -0.25) is 0 Å². The van der Waals surface area contributed by atoms with Crippen molar-refractivity contribution < 1.29 is 55.6 Å². The van der Waals surface area contributed by atoms with Crippen LogP contribution in [0.2, 0.25) is 0 Å². The van der Waals surface area contributed by atoms with Crippen LogP contribution in [0.3, 0.4) is 0 Å². The van der Waals surface area contributed by atoms with E-state index < -0.39 is 0 Å². The number of furan rings is 4. The first kappa shape index (κ1) is 95.0. The molecule has 0 atom stereocenters. The number of piperidine rings is 2. The Morgan fingerprint density at radius 3 is 0.970 bits per heavy atom. The number of rotatable bonds is 37. The lowest BCUT2D eigenvalue weighted by Gasteiger charge is -2.29. The second-order valence-electron chi connectivity index (χ2n) is 37.2. The zero-order valence-corrected chi connectivity index (χ0v) is 80.7. The third-order valence-corrected chi connectivity index (χ3v) is 26.8. The van der Waals surface area contributed by atoms with Gasteiger partial charge in [0.05, 0.1) is 82.6 Å². The minimum absolute atomic E-state index is 0.422. The number of aryl methyl sites for hydroxylation is 4. The average Bonchev–Trinajstić information content (AvgIpc) is 1.73. The number of fused-ring (bicyclic) bond motifs is 4. The van der Waals surface area contributed by atoms with Gasteiger partial charge in [0.1, 0.15) is 45.8 Å². The van der Waals surface area contributed by atoms with Crippen LogP contribution in [0.25, 0.3) is 89.4 Å². The minimum Gasteiger partial charge on any atom is -0.493 e. The van der Waals surface area contributed by atoms with E-state index >= 15 is 0 Å². The molecule has 0 bridgehead atoms. The van der Waals surface area contributed by atoms with E-state index in [9.17, 15) is 0 Å². The van der Waals surface area contributed by atoms with Crippen molar-refractivity contribution in [3.05, 3.63) is 175 Å². The Kier molecular flexibility index (Phi) is 32.8. The molecule has 5 N–H and O–H groups in total. The number of ether oxygens (including phenoxy) is 8. The molecule has 135 heavy (non-hydrogen) atoms. The third-order valence-electron chi connectivity index (χ3n) is 26.8. The van der Waals surface area contributed by atoms with Crippen molar-refractivity contribution in [2.24, 2.45) is 5.92 Å². The molecular weight excluding hydrogens is 1700 g/mol. The number of aromatic nitrogens is 4. The zero-order valence-electron chi connectivity index (χ0n) is 80.7. The lowest BCUT2D eigenvalue weighted by Crippen LogP contribution is -2.35. The Morgan fingerprint density at radius 1 is 0.341 bits per heavy atom. The molecule has 5 aromatic carbocycles. The second-order valence-corrected chi connectivity index (χ2v) is 37.2. The van der Waals surface area contributed by atoms with Crippen LogP contribution in [-0.4, -0.2) is 230 Å². The molecule has 8 aromatic heterocycles. The highest BCUT2D eigenvalue weighted by Crippen LogP contribution is 2.45. The van der Waals surface area contributed by atoms with E-state index in [-0.39, 0.29) is 0 Å². The van der Waals surface area contributed by atoms with Crippen molar-refractivity contribution in [2.75, 3.05) is 194 Å². The normalized spacial score (nSPS) is 16.4. The Bertz CT molecular complexity index is 5990. The number of para-hydroxylation sites is 1. The van der Waals surface area contributed by atoms with Crippen molar-refractivity contribution >= 4 is 72.0 Å².